The molecule has 0 aliphatic carbocycles. The van der Waals surface area contributed by atoms with E-state index in [1.54, 1.807) is 13.8 Å². The zero-order valence-corrected chi connectivity index (χ0v) is 13.8. The van der Waals surface area contributed by atoms with E-state index in [0.29, 0.717) is 0 Å². The third-order valence-electron chi connectivity index (χ3n) is 3.77. The van der Waals surface area contributed by atoms with Crippen LogP contribution in [0.4, 0.5) is 5.69 Å². The molecule has 0 saturated heterocycles. The number of hydrogen-bond acceptors (Lipinski definition) is 2. The molecule has 1 unspecified atom stereocenters. The molecule has 0 aliphatic rings. The molecule has 1 aromatic carbocycles. The van der Waals surface area contributed by atoms with Crippen LogP contribution < -0.4 is 10.6 Å². The highest BCUT2D eigenvalue weighted by Gasteiger charge is 2.36. The van der Waals surface area contributed by atoms with Crippen molar-refractivity contribution in [2.24, 2.45) is 5.41 Å². The van der Waals surface area contributed by atoms with Crippen LogP contribution in [-0.2, 0) is 9.59 Å². The van der Waals surface area contributed by atoms with E-state index in [4.69, 9.17) is 0 Å². The first-order valence-electron chi connectivity index (χ1n) is 7.38. The fourth-order valence-corrected chi connectivity index (χ4v) is 1.76. The first-order valence-corrected chi connectivity index (χ1v) is 7.38. The topological polar surface area (TPSA) is 58.2 Å². The van der Waals surface area contributed by atoms with Crippen molar-refractivity contribution in [3.8, 4) is 0 Å². The number of carbonyl (C=O) groups is 2. The van der Waals surface area contributed by atoms with Crippen molar-refractivity contribution in [3.05, 3.63) is 29.3 Å². The van der Waals surface area contributed by atoms with Crippen molar-refractivity contribution < 1.29 is 9.59 Å². The monoisotopic (exact) mass is 290 g/mol. The van der Waals surface area contributed by atoms with Gasteiger partial charge in [-0.15, -0.1) is 0 Å². The SMILES string of the molecule is CCC(C)NC(=O)C(C)(C)C(=O)Nc1cc(C)ccc1C. The second-order valence-corrected chi connectivity index (χ2v) is 6.18. The number of anilines is 1. The normalized spacial score (nSPS) is 12.7. The van der Waals surface area contributed by atoms with Crippen molar-refractivity contribution in [2.45, 2.75) is 54.0 Å². The molecule has 4 heteroatoms. The Morgan fingerprint density at radius 1 is 1.19 bits per heavy atom. The molecular weight excluding hydrogens is 264 g/mol. The van der Waals surface area contributed by atoms with Crippen molar-refractivity contribution in [1.82, 2.24) is 5.32 Å². The summed E-state index contributed by atoms with van der Waals surface area (Å²) in [6, 6.07) is 5.92. The largest absolute Gasteiger partial charge is 0.353 e. The maximum absolute atomic E-state index is 12.4. The molecule has 116 valence electrons. The molecule has 0 radical (unpaired) electrons. The molecule has 21 heavy (non-hydrogen) atoms. The molecule has 0 fully saturated rings. The third kappa shape index (κ3) is 4.31. The molecule has 2 N–H and O–H groups in total. The summed E-state index contributed by atoms with van der Waals surface area (Å²) in [5.74, 6) is -0.545. The third-order valence-corrected chi connectivity index (χ3v) is 3.77. The van der Waals surface area contributed by atoms with Gasteiger partial charge in [0.05, 0.1) is 0 Å². The van der Waals surface area contributed by atoms with Gasteiger partial charge in [-0.25, -0.2) is 0 Å². The molecule has 0 spiro atoms. The van der Waals surface area contributed by atoms with E-state index < -0.39 is 5.41 Å². The summed E-state index contributed by atoms with van der Waals surface area (Å²) in [4.78, 5) is 24.7. The number of benzene rings is 1. The van der Waals surface area contributed by atoms with Gasteiger partial charge in [0.1, 0.15) is 5.41 Å². The second kappa shape index (κ2) is 6.74. The Labute approximate surface area is 127 Å². The number of nitrogens with one attached hydrogen (secondary N) is 2. The van der Waals surface area contributed by atoms with E-state index in [2.05, 4.69) is 10.6 Å². The van der Waals surface area contributed by atoms with Gasteiger partial charge in [0, 0.05) is 11.7 Å². The Hall–Kier alpha value is -1.84. The average Bonchev–Trinajstić information content (AvgIpc) is 2.42. The number of carbonyl (C=O) groups excluding carboxylic acids is 2. The Kier molecular flexibility index (Phi) is 5.53. The van der Waals surface area contributed by atoms with Crippen LogP contribution in [0.2, 0.25) is 0 Å². The molecule has 4 nitrogen and oxygen atoms in total. The van der Waals surface area contributed by atoms with Gasteiger partial charge in [-0.3, -0.25) is 9.59 Å². The smallest absolute Gasteiger partial charge is 0.239 e. The van der Waals surface area contributed by atoms with Crippen LogP contribution in [0, 0.1) is 19.3 Å². The maximum Gasteiger partial charge on any atom is 0.239 e. The van der Waals surface area contributed by atoms with Crippen LogP contribution >= 0.6 is 0 Å². The van der Waals surface area contributed by atoms with Gasteiger partial charge in [0.25, 0.3) is 0 Å². The lowest BCUT2D eigenvalue weighted by atomic mass is 9.90. The Balaban J connectivity index is 2.86. The first kappa shape index (κ1) is 17.2. The minimum atomic E-state index is -1.11. The van der Waals surface area contributed by atoms with Gasteiger partial charge < -0.3 is 10.6 Å². The summed E-state index contributed by atoms with van der Waals surface area (Å²) in [7, 11) is 0. The van der Waals surface area contributed by atoms with Gasteiger partial charge in [0.2, 0.25) is 11.8 Å². The zero-order valence-electron chi connectivity index (χ0n) is 13.8. The molecule has 1 aromatic rings. The second-order valence-electron chi connectivity index (χ2n) is 6.18. The molecule has 0 aromatic heterocycles. The van der Waals surface area contributed by atoms with Crippen LogP contribution in [0.1, 0.15) is 45.2 Å². The van der Waals surface area contributed by atoms with E-state index in [-0.39, 0.29) is 17.9 Å². The Bertz CT molecular complexity index is 536. The number of amides is 2. The molecule has 0 saturated carbocycles. The molecule has 0 bridgehead atoms. The highest BCUT2D eigenvalue weighted by atomic mass is 16.2. The fraction of sp³-hybridized carbons (Fsp3) is 0.529. The molecule has 1 rings (SSSR count). The van der Waals surface area contributed by atoms with Crippen LogP contribution in [0.15, 0.2) is 18.2 Å². The summed E-state index contributed by atoms with van der Waals surface area (Å²) < 4.78 is 0. The zero-order chi connectivity index (χ0) is 16.2. The minimum absolute atomic E-state index is 0.0604. The minimum Gasteiger partial charge on any atom is -0.353 e. The Morgan fingerprint density at radius 3 is 2.38 bits per heavy atom. The fourth-order valence-electron chi connectivity index (χ4n) is 1.76. The van der Waals surface area contributed by atoms with Crippen LogP contribution in [0.3, 0.4) is 0 Å². The van der Waals surface area contributed by atoms with Crippen LogP contribution in [-0.4, -0.2) is 17.9 Å². The maximum atomic E-state index is 12.4. The van der Waals surface area contributed by atoms with E-state index in [1.807, 2.05) is 45.9 Å². The summed E-state index contributed by atoms with van der Waals surface area (Å²) in [5, 5.41) is 5.73. The molecule has 0 heterocycles. The highest BCUT2D eigenvalue weighted by Crippen LogP contribution is 2.22. The van der Waals surface area contributed by atoms with Crippen LogP contribution in [0.5, 0.6) is 0 Å². The lowest BCUT2D eigenvalue weighted by Crippen LogP contribution is -2.47. The van der Waals surface area contributed by atoms with Gasteiger partial charge in [0.15, 0.2) is 0 Å². The number of aryl methyl sites for hydroxylation is 2. The van der Waals surface area contributed by atoms with Crippen molar-refractivity contribution >= 4 is 17.5 Å². The summed E-state index contributed by atoms with van der Waals surface area (Å²) in [5.41, 5.74) is 1.69. The average molecular weight is 290 g/mol. The standard InChI is InChI=1S/C17H26N2O2/c1-7-13(4)18-15(20)17(5,6)16(21)19-14-10-11(2)8-9-12(14)3/h8-10,13H,7H2,1-6H3,(H,18,20)(H,19,21). The highest BCUT2D eigenvalue weighted by molar-refractivity contribution is 6.10. The number of rotatable bonds is 5. The summed E-state index contributed by atoms with van der Waals surface area (Å²) in [6.45, 7) is 11.1. The predicted molar refractivity (Wildman–Crippen MR) is 86.2 cm³/mol. The van der Waals surface area contributed by atoms with Crippen molar-refractivity contribution in [1.29, 1.82) is 0 Å². The molecule has 1 atom stereocenters. The van der Waals surface area contributed by atoms with Crippen molar-refractivity contribution in [2.75, 3.05) is 5.32 Å². The van der Waals surface area contributed by atoms with E-state index in [9.17, 15) is 9.59 Å². The molecule has 2 amide bonds. The van der Waals surface area contributed by atoms with Crippen molar-refractivity contribution in [3.63, 3.8) is 0 Å². The lowest BCUT2D eigenvalue weighted by Gasteiger charge is -2.25. The van der Waals surface area contributed by atoms with E-state index in [0.717, 1.165) is 23.2 Å². The van der Waals surface area contributed by atoms with Crippen LogP contribution in [0.25, 0.3) is 0 Å². The Morgan fingerprint density at radius 2 is 1.81 bits per heavy atom. The lowest BCUT2D eigenvalue weighted by molar-refractivity contribution is -0.138. The first-order chi connectivity index (χ1) is 9.68. The van der Waals surface area contributed by atoms with E-state index >= 15 is 0 Å². The molecular formula is C17H26N2O2. The van der Waals surface area contributed by atoms with Gasteiger partial charge in [-0.1, -0.05) is 19.1 Å². The quantitative estimate of drug-likeness (QED) is 0.818. The molecule has 0 aliphatic heterocycles. The van der Waals surface area contributed by atoms with Gasteiger partial charge in [-0.05, 0) is 58.2 Å². The van der Waals surface area contributed by atoms with E-state index in [1.165, 1.54) is 0 Å². The predicted octanol–water partition coefficient (Wildman–Crippen LogP) is 3.18. The van der Waals surface area contributed by atoms with Gasteiger partial charge >= 0.3 is 0 Å². The number of hydrogen-bond donors (Lipinski definition) is 2. The summed E-state index contributed by atoms with van der Waals surface area (Å²) >= 11 is 0. The summed E-state index contributed by atoms with van der Waals surface area (Å²) in [6.07, 6.45) is 0.834. The van der Waals surface area contributed by atoms with Gasteiger partial charge in [-0.2, -0.15) is 0 Å².